The first-order valence-corrected chi connectivity index (χ1v) is 7.52. The Labute approximate surface area is 129 Å². The molecule has 0 spiro atoms. The van der Waals surface area contributed by atoms with E-state index < -0.39 is 0 Å². The molecule has 0 N–H and O–H groups in total. The lowest BCUT2D eigenvalue weighted by Gasteiger charge is -2.10. The molecule has 0 atom stereocenters. The summed E-state index contributed by atoms with van der Waals surface area (Å²) in [6.45, 7) is 5.66. The molecule has 0 fully saturated rings. The zero-order chi connectivity index (χ0) is 14.8. The Morgan fingerprint density at radius 2 is 1.95 bits per heavy atom. The van der Waals surface area contributed by atoms with E-state index in [1.165, 1.54) is 10.9 Å². The number of fused-ring (bicyclic) bond motifs is 1. The molecule has 0 saturated heterocycles. The third-order valence-corrected chi connectivity index (χ3v) is 3.88. The van der Waals surface area contributed by atoms with Gasteiger partial charge in [-0.3, -0.25) is 0 Å². The molecule has 0 aliphatic rings. The van der Waals surface area contributed by atoms with Gasteiger partial charge in [-0.25, -0.2) is 0 Å². The summed E-state index contributed by atoms with van der Waals surface area (Å²) in [5.74, 6) is 0.904. The maximum atomic E-state index is 6.10. The highest BCUT2D eigenvalue weighted by Gasteiger charge is 2.08. The summed E-state index contributed by atoms with van der Waals surface area (Å²) in [6.07, 6.45) is 0. The molecule has 0 aliphatic heterocycles. The van der Waals surface area contributed by atoms with Crippen LogP contribution < -0.4 is 4.74 Å². The SMILES string of the molecule is CCn1c(COc2cccc(C)c2)cc2ccc(Cl)cc21. The minimum atomic E-state index is 0.559. The average Bonchev–Trinajstić information content (AvgIpc) is 2.82. The van der Waals surface area contributed by atoms with Crippen LogP contribution in [0.25, 0.3) is 10.9 Å². The van der Waals surface area contributed by atoms with E-state index in [9.17, 15) is 0 Å². The fourth-order valence-electron chi connectivity index (χ4n) is 2.64. The van der Waals surface area contributed by atoms with Crippen LogP contribution in [0.5, 0.6) is 5.75 Å². The number of rotatable bonds is 4. The van der Waals surface area contributed by atoms with Crippen LogP contribution in [0.1, 0.15) is 18.2 Å². The quantitative estimate of drug-likeness (QED) is 0.645. The van der Waals surface area contributed by atoms with Crippen molar-refractivity contribution < 1.29 is 4.74 Å². The molecular weight excluding hydrogens is 282 g/mol. The zero-order valence-corrected chi connectivity index (χ0v) is 13.0. The number of hydrogen-bond donors (Lipinski definition) is 0. The van der Waals surface area contributed by atoms with Crippen molar-refractivity contribution in [2.45, 2.75) is 27.0 Å². The molecule has 2 nitrogen and oxygen atoms in total. The minimum Gasteiger partial charge on any atom is -0.487 e. The van der Waals surface area contributed by atoms with Crippen molar-refractivity contribution in [1.82, 2.24) is 4.57 Å². The Hall–Kier alpha value is -1.93. The van der Waals surface area contributed by atoms with Crippen molar-refractivity contribution in [2.75, 3.05) is 0 Å². The van der Waals surface area contributed by atoms with Crippen LogP contribution in [0.2, 0.25) is 5.02 Å². The molecule has 0 saturated carbocycles. The molecule has 1 heterocycles. The van der Waals surface area contributed by atoms with Gasteiger partial charge >= 0.3 is 0 Å². The van der Waals surface area contributed by atoms with Crippen LogP contribution in [-0.4, -0.2) is 4.57 Å². The van der Waals surface area contributed by atoms with Gasteiger partial charge in [0.05, 0.1) is 5.69 Å². The third kappa shape index (κ3) is 2.91. The Morgan fingerprint density at radius 3 is 2.71 bits per heavy atom. The number of nitrogens with zero attached hydrogens (tertiary/aromatic N) is 1. The monoisotopic (exact) mass is 299 g/mol. The Kier molecular flexibility index (Phi) is 3.89. The van der Waals surface area contributed by atoms with E-state index in [-0.39, 0.29) is 0 Å². The lowest BCUT2D eigenvalue weighted by atomic mass is 10.2. The van der Waals surface area contributed by atoms with Crippen molar-refractivity contribution in [3.05, 3.63) is 64.8 Å². The van der Waals surface area contributed by atoms with E-state index in [1.807, 2.05) is 24.3 Å². The Bertz CT molecular complexity index is 776. The number of benzene rings is 2. The topological polar surface area (TPSA) is 14.2 Å². The molecule has 2 aromatic carbocycles. The molecule has 0 bridgehead atoms. The number of hydrogen-bond acceptors (Lipinski definition) is 1. The molecule has 0 amide bonds. The van der Waals surface area contributed by atoms with Gasteiger partial charge in [-0.1, -0.05) is 29.8 Å². The number of aryl methyl sites for hydroxylation is 2. The van der Waals surface area contributed by atoms with Gasteiger partial charge in [0.25, 0.3) is 0 Å². The van der Waals surface area contributed by atoms with Gasteiger partial charge < -0.3 is 9.30 Å². The van der Waals surface area contributed by atoms with Crippen LogP contribution in [0.3, 0.4) is 0 Å². The highest BCUT2D eigenvalue weighted by atomic mass is 35.5. The van der Waals surface area contributed by atoms with Gasteiger partial charge in [0.2, 0.25) is 0 Å². The highest BCUT2D eigenvalue weighted by molar-refractivity contribution is 6.31. The first kappa shape index (κ1) is 14.0. The van der Waals surface area contributed by atoms with Gasteiger partial charge in [0.1, 0.15) is 12.4 Å². The highest BCUT2D eigenvalue weighted by Crippen LogP contribution is 2.24. The smallest absolute Gasteiger partial charge is 0.128 e. The predicted octanol–water partition coefficient (Wildman–Crippen LogP) is 5.20. The van der Waals surface area contributed by atoms with Crippen molar-refractivity contribution in [2.24, 2.45) is 0 Å². The first-order valence-electron chi connectivity index (χ1n) is 7.14. The molecule has 3 rings (SSSR count). The summed E-state index contributed by atoms with van der Waals surface area (Å²) < 4.78 is 8.17. The summed E-state index contributed by atoms with van der Waals surface area (Å²) >= 11 is 6.10. The average molecular weight is 300 g/mol. The van der Waals surface area contributed by atoms with Crippen LogP contribution in [-0.2, 0) is 13.2 Å². The standard InChI is InChI=1S/C18H18ClNO/c1-3-20-16(10-14-7-8-15(19)11-18(14)20)12-21-17-6-4-5-13(2)9-17/h4-11H,3,12H2,1-2H3. The Balaban J connectivity index is 1.90. The summed E-state index contributed by atoms with van der Waals surface area (Å²) in [4.78, 5) is 0. The summed E-state index contributed by atoms with van der Waals surface area (Å²) in [6, 6.07) is 16.3. The van der Waals surface area contributed by atoms with Gasteiger partial charge in [-0.05, 0) is 49.7 Å². The van der Waals surface area contributed by atoms with E-state index in [1.54, 1.807) is 0 Å². The van der Waals surface area contributed by atoms with Crippen LogP contribution in [0.15, 0.2) is 48.5 Å². The van der Waals surface area contributed by atoms with Gasteiger partial charge in [0, 0.05) is 22.5 Å². The van der Waals surface area contributed by atoms with Gasteiger partial charge in [-0.2, -0.15) is 0 Å². The maximum absolute atomic E-state index is 6.10. The van der Waals surface area contributed by atoms with Crippen molar-refractivity contribution in [1.29, 1.82) is 0 Å². The molecule has 3 aromatic rings. The van der Waals surface area contributed by atoms with Gasteiger partial charge in [0.15, 0.2) is 0 Å². The second-order valence-electron chi connectivity index (χ2n) is 5.19. The number of halogens is 1. The lowest BCUT2D eigenvalue weighted by Crippen LogP contribution is -2.04. The fraction of sp³-hybridized carbons (Fsp3) is 0.222. The lowest BCUT2D eigenvalue weighted by molar-refractivity contribution is 0.296. The first-order chi connectivity index (χ1) is 10.2. The molecule has 3 heteroatoms. The van der Waals surface area contributed by atoms with E-state index in [4.69, 9.17) is 16.3 Å². The second kappa shape index (κ2) is 5.82. The third-order valence-electron chi connectivity index (χ3n) is 3.64. The van der Waals surface area contributed by atoms with Crippen LogP contribution in [0, 0.1) is 6.92 Å². The molecule has 0 aliphatic carbocycles. The van der Waals surface area contributed by atoms with Crippen molar-refractivity contribution in [3.8, 4) is 5.75 Å². The second-order valence-corrected chi connectivity index (χ2v) is 5.62. The molecule has 21 heavy (non-hydrogen) atoms. The van der Waals surface area contributed by atoms with Crippen LogP contribution in [0.4, 0.5) is 0 Å². The summed E-state index contributed by atoms with van der Waals surface area (Å²) in [5.41, 5.74) is 3.53. The normalized spacial score (nSPS) is 11.0. The summed E-state index contributed by atoms with van der Waals surface area (Å²) in [5, 5.41) is 1.96. The summed E-state index contributed by atoms with van der Waals surface area (Å²) in [7, 11) is 0. The molecule has 0 unspecified atom stereocenters. The van der Waals surface area contributed by atoms with Crippen molar-refractivity contribution in [3.63, 3.8) is 0 Å². The fourth-order valence-corrected chi connectivity index (χ4v) is 2.81. The predicted molar refractivity (Wildman–Crippen MR) is 88.1 cm³/mol. The number of aromatic nitrogens is 1. The largest absolute Gasteiger partial charge is 0.487 e. The number of ether oxygens (including phenoxy) is 1. The van der Waals surface area contributed by atoms with Crippen LogP contribution >= 0.6 is 11.6 Å². The van der Waals surface area contributed by atoms with E-state index in [0.29, 0.717) is 6.61 Å². The molecule has 0 radical (unpaired) electrons. The van der Waals surface area contributed by atoms with E-state index in [2.05, 4.69) is 42.7 Å². The van der Waals surface area contributed by atoms with Crippen molar-refractivity contribution >= 4 is 22.5 Å². The van der Waals surface area contributed by atoms with E-state index in [0.717, 1.165) is 28.5 Å². The van der Waals surface area contributed by atoms with E-state index >= 15 is 0 Å². The zero-order valence-electron chi connectivity index (χ0n) is 12.3. The maximum Gasteiger partial charge on any atom is 0.128 e. The minimum absolute atomic E-state index is 0.559. The molecular formula is C18H18ClNO. The molecule has 108 valence electrons. The Morgan fingerprint density at radius 1 is 1.10 bits per heavy atom. The van der Waals surface area contributed by atoms with Gasteiger partial charge in [-0.15, -0.1) is 0 Å². The molecule has 1 aromatic heterocycles.